The fraction of sp³-hybridized carbons (Fsp3) is 0.500. The van der Waals surface area contributed by atoms with Gasteiger partial charge in [-0.3, -0.25) is 15.0 Å². The largest absolute Gasteiger partial charge is 0.494 e. The molecule has 0 aliphatic heterocycles. The van der Waals surface area contributed by atoms with Crippen molar-refractivity contribution in [2.45, 2.75) is 78.3 Å². The van der Waals surface area contributed by atoms with E-state index in [1.165, 1.54) is 0 Å². The molecule has 0 radical (unpaired) electrons. The van der Waals surface area contributed by atoms with Gasteiger partial charge in [-0.1, -0.05) is 0 Å². The van der Waals surface area contributed by atoms with E-state index in [0.29, 0.717) is 55.3 Å². The molecule has 0 aliphatic rings. The number of unbranched alkanes of at least 4 members (excludes halogenated alkanes) is 3. The lowest BCUT2D eigenvalue weighted by Gasteiger charge is -2.31. The third-order valence-corrected chi connectivity index (χ3v) is 6.06. The second-order valence-electron chi connectivity index (χ2n) is 9.95. The Kier molecular flexibility index (Phi) is 15.6. The summed E-state index contributed by atoms with van der Waals surface area (Å²) in [5.41, 5.74) is 6.60. The van der Waals surface area contributed by atoms with E-state index in [1.54, 1.807) is 30.3 Å². The van der Waals surface area contributed by atoms with E-state index in [4.69, 9.17) is 30.5 Å². The molecule has 1 amide bonds. The van der Waals surface area contributed by atoms with Crippen molar-refractivity contribution in [3.63, 3.8) is 0 Å². The highest BCUT2D eigenvalue weighted by atomic mass is 35.5. The Hall–Kier alpha value is -3.46. The van der Waals surface area contributed by atoms with Crippen molar-refractivity contribution in [3.05, 3.63) is 53.6 Å². The SMILES string of the molecule is CC(C)N(C(=O)c1ccc(OCCCCCOc2ccc(C(=N)N)cc2)cc1OCCCCC(=O)O)C(C)C.Cl. The van der Waals surface area contributed by atoms with Crippen LogP contribution in [0.1, 0.15) is 82.1 Å². The number of ether oxygens (including phenoxy) is 3. The van der Waals surface area contributed by atoms with Crippen molar-refractivity contribution in [1.82, 2.24) is 4.90 Å². The van der Waals surface area contributed by atoms with Crippen LogP contribution in [0, 0.1) is 5.41 Å². The molecule has 0 aromatic heterocycles. The van der Waals surface area contributed by atoms with Gasteiger partial charge in [0.15, 0.2) is 0 Å². The van der Waals surface area contributed by atoms with Crippen molar-refractivity contribution in [2.75, 3.05) is 19.8 Å². The summed E-state index contributed by atoms with van der Waals surface area (Å²) in [7, 11) is 0. The summed E-state index contributed by atoms with van der Waals surface area (Å²) < 4.78 is 17.6. The number of rotatable bonds is 18. The van der Waals surface area contributed by atoms with Crippen molar-refractivity contribution >= 4 is 30.1 Å². The van der Waals surface area contributed by atoms with Gasteiger partial charge in [0.25, 0.3) is 5.91 Å². The molecule has 0 bridgehead atoms. The summed E-state index contributed by atoms with van der Waals surface area (Å²) in [6.07, 6.45) is 3.80. The molecule has 0 spiro atoms. The molecule has 2 aromatic carbocycles. The Morgan fingerprint density at radius 1 is 0.825 bits per heavy atom. The standard InChI is InChI=1S/C30H43N3O6.ClH/c1-21(2)33(22(3)4)30(36)26-16-15-25(20-27(26)39-19-9-6-10-28(34)35)38-18-8-5-7-17-37-24-13-11-23(12-14-24)29(31)32;/h11-16,20-22H,5-10,17-19H2,1-4H3,(H3,31,32)(H,34,35);1H. The first kappa shape index (κ1) is 34.6. The molecular formula is C30H44ClN3O6. The highest BCUT2D eigenvalue weighted by Gasteiger charge is 2.25. The number of halogens is 1. The molecule has 0 unspecified atom stereocenters. The molecule has 40 heavy (non-hydrogen) atoms. The predicted molar refractivity (Wildman–Crippen MR) is 159 cm³/mol. The number of carboxylic acids is 1. The van der Waals surface area contributed by atoms with Crippen LogP contribution in [0.25, 0.3) is 0 Å². The zero-order valence-electron chi connectivity index (χ0n) is 24.0. The molecule has 0 atom stereocenters. The smallest absolute Gasteiger partial charge is 0.303 e. The second kappa shape index (κ2) is 18.0. The number of carbonyl (C=O) groups is 2. The number of nitrogens with two attached hydrogens (primary N) is 1. The van der Waals surface area contributed by atoms with Crippen LogP contribution in [0.4, 0.5) is 0 Å². The number of hydrogen-bond donors (Lipinski definition) is 3. The van der Waals surface area contributed by atoms with Gasteiger partial charge >= 0.3 is 5.97 Å². The van der Waals surface area contributed by atoms with Gasteiger partial charge < -0.3 is 30.0 Å². The number of aliphatic carboxylic acids is 1. The van der Waals surface area contributed by atoms with E-state index in [2.05, 4.69) is 0 Å². The number of nitrogens with zero attached hydrogens (tertiary/aromatic N) is 1. The quantitative estimate of drug-likeness (QED) is 0.114. The average molecular weight is 578 g/mol. The lowest BCUT2D eigenvalue weighted by atomic mass is 10.1. The van der Waals surface area contributed by atoms with E-state index in [0.717, 1.165) is 25.0 Å². The minimum absolute atomic E-state index is 0. The molecule has 0 saturated heterocycles. The molecule has 0 heterocycles. The molecular weight excluding hydrogens is 534 g/mol. The number of carboxylic acid groups (broad SMARTS) is 1. The predicted octanol–water partition coefficient (Wildman–Crippen LogP) is 5.91. The molecule has 0 fully saturated rings. The second-order valence-corrected chi connectivity index (χ2v) is 9.95. The van der Waals surface area contributed by atoms with E-state index in [9.17, 15) is 9.59 Å². The minimum Gasteiger partial charge on any atom is -0.494 e. The van der Waals surface area contributed by atoms with Crippen LogP contribution in [-0.2, 0) is 4.79 Å². The van der Waals surface area contributed by atoms with Gasteiger partial charge in [-0.15, -0.1) is 12.4 Å². The summed E-state index contributed by atoms with van der Waals surface area (Å²) in [5.74, 6) is 0.904. The lowest BCUT2D eigenvalue weighted by Crippen LogP contribution is -2.42. The Morgan fingerprint density at radius 2 is 1.35 bits per heavy atom. The fourth-order valence-corrected chi connectivity index (χ4v) is 4.15. The minimum atomic E-state index is -0.833. The normalized spacial score (nSPS) is 10.7. The van der Waals surface area contributed by atoms with Crippen molar-refractivity contribution in [2.24, 2.45) is 5.73 Å². The third kappa shape index (κ3) is 11.7. The van der Waals surface area contributed by atoms with Crippen molar-refractivity contribution < 1.29 is 28.9 Å². The van der Waals surface area contributed by atoms with Crippen LogP contribution in [0.3, 0.4) is 0 Å². The number of amidine groups is 1. The van der Waals surface area contributed by atoms with Crippen LogP contribution < -0.4 is 19.9 Å². The number of nitrogen functional groups attached to an aromatic ring is 1. The molecule has 10 heteroatoms. The first-order valence-corrected chi connectivity index (χ1v) is 13.6. The van der Waals surface area contributed by atoms with E-state index in [1.807, 2.05) is 44.7 Å². The van der Waals surface area contributed by atoms with Crippen LogP contribution in [0.15, 0.2) is 42.5 Å². The summed E-state index contributed by atoms with van der Waals surface area (Å²) in [5, 5.41) is 16.3. The van der Waals surface area contributed by atoms with Gasteiger partial charge in [0, 0.05) is 30.1 Å². The van der Waals surface area contributed by atoms with Crippen LogP contribution in [-0.4, -0.2) is 59.6 Å². The Labute approximate surface area is 243 Å². The van der Waals surface area contributed by atoms with Crippen LogP contribution in [0.2, 0.25) is 0 Å². The number of hydrogen-bond acceptors (Lipinski definition) is 6. The maximum atomic E-state index is 13.3. The number of amides is 1. The Bertz CT molecular complexity index is 1070. The molecule has 222 valence electrons. The maximum Gasteiger partial charge on any atom is 0.303 e. The van der Waals surface area contributed by atoms with Gasteiger partial charge in [-0.25, -0.2) is 0 Å². The van der Waals surface area contributed by atoms with Crippen molar-refractivity contribution in [1.29, 1.82) is 5.41 Å². The number of nitrogens with one attached hydrogen (secondary N) is 1. The van der Waals surface area contributed by atoms with Crippen LogP contribution >= 0.6 is 12.4 Å². The van der Waals surface area contributed by atoms with Gasteiger partial charge in [0.05, 0.1) is 25.4 Å². The van der Waals surface area contributed by atoms with Gasteiger partial charge in [-0.05, 0) is 96.2 Å². The number of benzene rings is 2. The maximum absolute atomic E-state index is 13.3. The fourth-order valence-electron chi connectivity index (χ4n) is 4.15. The molecule has 2 aromatic rings. The average Bonchev–Trinajstić information content (AvgIpc) is 2.87. The summed E-state index contributed by atoms with van der Waals surface area (Å²) in [6, 6.07) is 12.5. The highest BCUT2D eigenvalue weighted by molar-refractivity contribution is 5.97. The lowest BCUT2D eigenvalue weighted by molar-refractivity contribution is -0.137. The highest BCUT2D eigenvalue weighted by Crippen LogP contribution is 2.28. The topological polar surface area (TPSA) is 135 Å². The van der Waals surface area contributed by atoms with Gasteiger partial charge in [-0.2, -0.15) is 0 Å². The van der Waals surface area contributed by atoms with E-state index >= 15 is 0 Å². The van der Waals surface area contributed by atoms with Gasteiger partial charge in [0.1, 0.15) is 23.1 Å². The number of carbonyl (C=O) groups excluding carboxylic acids is 1. The first-order chi connectivity index (χ1) is 18.6. The van der Waals surface area contributed by atoms with E-state index in [-0.39, 0.29) is 42.7 Å². The monoisotopic (exact) mass is 577 g/mol. The Morgan fingerprint density at radius 3 is 1.90 bits per heavy atom. The molecule has 0 saturated carbocycles. The zero-order chi connectivity index (χ0) is 28.8. The van der Waals surface area contributed by atoms with Crippen molar-refractivity contribution in [3.8, 4) is 17.2 Å². The molecule has 0 aliphatic carbocycles. The zero-order valence-corrected chi connectivity index (χ0v) is 24.8. The summed E-state index contributed by atoms with van der Waals surface area (Å²) in [6.45, 7) is 9.35. The molecule has 4 N–H and O–H groups in total. The third-order valence-electron chi connectivity index (χ3n) is 6.06. The summed E-state index contributed by atoms with van der Waals surface area (Å²) >= 11 is 0. The summed E-state index contributed by atoms with van der Waals surface area (Å²) in [4.78, 5) is 25.9. The van der Waals surface area contributed by atoms with E-state index < -0.39 is 5.97 Å². The molecule has 9 nitrogen and oxygen atoms in total. The first-order valence-electron chi connectivity index (χ1n) is 13.6. The Balaban J connectivity index is 0.00000800. The van der Waals surface area contributed by atoms with Gasteiger partial charge in [0.2, 0.25) is 0 Å². The molecule has 2 rings (SSSR count). The van der Waals surface area contributed by atoms with Crippen LogP contribution in [0.5, 0.6) is 17.2 Å².